The minimum Gasteiger partial charge on any atom is -0.371 e. The predicted octanol–water partition coefficient (Wildman–Crippen LogP) is 1.49. The van der Waals surface area contributed by atoms with E-state index >= 15 is 0 Å². The fourth-order valence-corrected chi connectivity index (χ4v) is 2.57. The topological polar surface area (TPSA) is 24.5 Å². The highest BCUT2D eigenvalue weighted by atomic mass is 16.5. The number of hydrogen-bond donors (Lipinski definition) is 1. The van der Waals surface area contributed by atoms with Gasteiger partial charge in [0.05, 0.1) is 12.2 Å². The summed E-state index contributed by atoms with van der Waals surface area (Å²) in [4.78, 5) is 2.48. The zero-order valence-electron chi connectivity index (χ0n) is 10.7. The molecule has 0 spiro atoms. The molecule has 90 valence electrons. The highest BCUT2D eigenvalue weighted by Crippen LogP contribution is 2.25. The molecule has 1 heterocycles. The van der Waals surface area contributed by atoms with Gasteiger partial charge in [-0.1, -0.05) is 20.8 Å². The van der Waals surface area contributed by atoms with Gasteiger partial charge in [0, 0.05) is 19.1 Å². The predicted molar refractivity (Wildman–Crippen MR) is 64.2 cm³/mol. The van der Waals surface area contributed by atoms with Crippen molar-refractivity contribution >= 4 is 0 Å². The lowest BCUT2D eigenvalue weighted by Gasteiger charge is -2.46. The van der Waals surface area contributed by atoms with Gasteiger partial charge in [-0.3, -0.25) is 4.90 Å². The van der Waals surface area contributed by atoms with Gasteiger partial charge in [0.2, 0.25) is 0 Å². The smallest absolute Gasteiger partial charge is 0.0955 e. The van der Waals surface area contributed by atoms with Crippen LogP contribution in [0.5, 0.6) is 0 Å². The van der Waals surface area contributed by atoms with Crippen molar-refractivity contribution in [2.45, 2.75) is 45.8 Å². The van der Waals surface area contributed by atoms with Gasteiger partial charge in [-0.2, -0.15) is 0 Å². The second-order valence-electron chi connectivity index (χ2n) is 4.34. The molecule has 1 aliphatic rings. The average molecular weight is 214 g/mol. The molecule has 0 aromatic heterocycles. The third-order valence-corrected chi connectivity index (χ3v) is 3.81. The van der Waals surface area contributed by atoms with Gasteiger partial charge in [-0.05, 0) is 26.4 Å². The van der Waals surface area contributed by atoms with Gasteiger partial charge in [0.25, 0.3) is 0 Å². The number of hydrogen-bond acceptors (Lipinski definition) is 3. The molecule has 0 bridgehead atoms. The van der Waals surface area contributed by atoms with E-state index in [0.29, 0.717) is 6.04 Å². The Hall–Kier alpha value is -0.120. The molecule has 1 aliphatic heterocycles. The molecule has 3 nitrogen and oxygen atoms in total. The molecule has 0 aromatic carbocycles. The van der Waals surface area contributed by atoms with E-state index in [-0.39, 0.29) is 5.60 Å². The monoisotopic (exact) mass is 214 g/mol. The number of ether oxygens (including phenoxy) is 1. The molecule has 2 atom stereocenters. The first-order chi connectivity index (χ1) is 7.20. The van der Waals surface area contributed by atoms with Crippen LogP contribution in [0.15, 0.2) is 0 Å². The van der Waals surface area contributed by atoms with E-state index in [1.54, 1.807) is 0 Å². The summed E-state index contributed by atoms with van der Waals surface area (Å²) in [6, 6.07) is 0.491. The van der Waals surface area contributed by atoms with E-state index in [0.717, 1.165) is 39.2 Å². The van der Waals surface area contributed by atoms with Crippen molar-refractivity contribution in [1.82, 2.24) is 10.2 Å². The zero-order chi connectivity index (χ0) is 11.3. The molecule has 15 heavy (non-hydrogen) atoms. The molecule has 1 fully saturated rings. The van der Waals surface area contributed by atoms with Gasteiger partial charge < -0.3 is 10.1 Å². The van der Waals surface area contributed by atoms with Crippen LogP contribution in [-0.2, 0) is 4.74 Å². The van der Waals surface area contributed by atoms with Crippen molar-refractivity contribution in [2.24, 2.45) is 0 Å². The van der Waals surface area contributed by atoms with Crippen molar-refractivity contribution in [3.05, 3.63) is 0 Å². The molecule has 0 amide bonds. The lowest BCUT2D eigenvalue weighted by Crippen LogP contribution is -2.60. The molecule has 1 N–H and O–H groups in total. The van der Waals surface area contributed by atoms with Gasteiger partial charge in [0.15, 0.2) is 0 Å². The van der Waals surface area contributed by atoms with Gasteiger partial charge in [-0.15, -0.1) is 0 Å². The number of nitrogens with one attached hydrogen (secondary N) is 1. The first-order valence-corrected chi connectivity index (χ1v) is 6.29. The van der Waals surface area contributed by atoms with Crippen LogP contribution in [0, 0.1) is 0 Å². The van der Waals surface area contributed by atoms with Crippen molar-refractivity contribution < 1.29 is 4.74 Å². The fourth-order valence-electron chi connectivity index (χ4n) is 2.57. The summed E-state index contributed by atoms with van der Waals surface area (Å²) in [6.07, 6.45) is 1.08. The van der Waals surface area contributed by atoms with Crippen LogP contribution in [0.3, 0.4) is 0 Å². The normalized spacial score (nSPS) is 29.4. The molecule has 3 heteroatoms. The molecule has 1 saturated heterocycles. The highest BCUT2D eigenvalue weighted by Gasteiger charge is 2.39. The Bertz CT molecular complexity index is 174. The Balaban J connectivity index is 2.70. The van der Waals surface area contributed by atoms with Crippen LogP contribution in [0.4, 0.5) is 0 Å². The van der Waals surface area contributed by atoms with E-state index in [4.69, 9.17) is 4.74 Å². The maximum atomic E-state index is 6.06. The average Bonchev–Trinajstić information content (AvgIpc) is 2.31. The lowest BCUT2D eigenvalue weighted by atomic mass is 9.89. The first kappa shape index (κ1) is 12.9. The summed E-state index contributed by atoms with van der Waals surface area (Å²) in [5.41, 5.74) is 0.0181. The second-order valence-corrected chi connectivity index (χ2v) is 4.34. The molecule has 0 radical (unpaired) electrons. The molecule has 0 aliphatic carbocycles. The van der Waals surface area contributed by atoms with Crippen LogP contribution in [-0.4, -0.2) is 49.3 Å². The standard InChI is InChI=1S/C12H26N2O/c1-5-12(10-13-8-9-15-12)11(4)14(6-2)7-3/h11,13H,5-10H2,1-4H3. The summed E-state index contributed by atoms with van der Waals surface area (Å²) in [6.45, 7) is 14.0. The van der Waals surface area contributed by atoms with Crippen LogP contribution < -0.4 is 5.32 Å². The maximum absolute atomic E-state index is 6.06. The van der Waals surface area contributed by atoms with E-state index in [1.165, 1.54) is 0 Å². The first-order valence-electron chi connectivity index (χ1n) is 6.29. The lowest BCUT2D eigenvalue weighted by molar-refractivity contribution is -0.114. The van der Waals surface area contributed by atoms with Crippen LogP contribution >= 0.6 is 0 Å². The van der Waals surface area contributed by atoms with Crippen molar-refractivity contribution in [1.29, 1.82) is 0 Å². The third kappa shape index (κ3) is 2.71. The maximum Gasteiger partial charge on any atom is 0.0955 e. The summed E-state index contributed by atoms with van der Waals surface area (Å²) in [7, 11) is 0. The molecule has 0 saturated carbocycles. The highest BCUT2D eigenvalue weighted by molar-refractivity contribution is 4.94. The molecular formula is C12H26N2O. The van der Waals surface area contributed by atoms with Crippen molar-refractivity contribution in [3.63, 3.8) is 0 Å². The van der Waals surface area contributed by atoms with Gasteiger partial charge >= 0.3 is 0 Å². The minimum absolute atomic E-state index is 0.0181. The Kier molecular flexibility index (Phi) is 5.03. The van der Waals surface area contributed by atoms with Crippen LogP contribution in [0.2, 0.25) is 0 Å². The summed E-state index contributed by atoms with van der Waals surface area (Å²) >= 11 is 0. The minimum atomic E-state index is 0.0181. The molecular weight excluding hydrogens is 188 g/mol. The quantitative estimate of drug-likeness (QED) is 0.750. The van der Waals surface area contributed by atoms with Gasteiger partial charge in [0.1, 0.15) is 0 Å². The van der Waals surface area contributed by atoms with Gasteiger partial charge in [-0.25, -0.2) is 0 Å². The van der Waals surface area contributed by atoms with Crippen LogP contribution in [0.25, 0.3) is 0 Å². The van der Waals surface area contributed by atoms with E-state index in [1.807, 2.05) is 0 Å². The molecule has 2 unspecified atom stereocenters. The summed E-state index contributed by atoms with van der Waals surface area (Å²) in [5, 5.41) is 3.46. The Morgan fingerprint density at radius 1 is 1.33 bits per heavy atom. The zero-order valence-corrected chi connectivity index (χ0v) is 10.7. The fraction of sp³-hybridized carbons (Fsp3) is 1.00. The van der Waals surface area contributed by atoms with Crippen molar-refractivity contribution in [2.75, 3.05) is 32.8 Å². The third-order valence-electron chi connectivity index (χ3n) is 3.81. The van der Waals surface area contributed by atoms with Crippen LogP contribution in [0.1, 0.15) is 34.1 Å². The largest absolute Gasteiger partial charge is 0.371 e. The number of likely N-dealkylation sites (N-methyl/N-ethyl adjacent to an activating group) is 1. The second kappa shape index (κ2) is 5.83. The summed E-state index contributed by atoms with van der Waals surface area (Å²) in [5.74, 6) is 0. The van der Waals surface area contributed by atoms with E-state index in [9.17, 15) is 0 Å². The number of rotatable bonds is 5. The number of nitrogens with zero attached hydrogens (tertiary/aromatic N) is 1. The molecule has 0 aromatic rings. The van der Waals surface area contributed by atoms with E-state index in [2.05, 4.69) is 37.9 Å². The number of morpholine rings is 1. The Morgan fingerprint density at radius 3 is 2.40 bits per heavy atom. The Labute approximate surface area is 94.2 Å². The van der Waals surface area contributed by atoms with Crippen molar-refractivity contribution in [3.8, 4) is 0 Å². The SMILES string of the molecule is CCN(CC)C(C)C1(CC)CNCCO1. The molecule has 1 rings (SSSR count). The van der Waals surface area contributed by atoms with E-state index < -0.39 is 0 Å². The summed E-state index contributed by atoms with van der Waals surface area (Å²) < 4.78 is 6.06. The Morgan fingerprint density at radius 2 is 2.00 bits per heavy atom.